The molecule has 1 aliphatic rings. The molecular formula is C25H20BrN3O4. The van der Waals surface area contributed by atoms with Crippen molar-refractivity contribution >= 4 is 38.6 Å². The Bertz CT molecular complexity index is 1340. The molecule has 8 heteroatoms. The van der Waals surface area contributed by atoms with Gasteiger partial charge in [-0.3, -0.25) is 14.6 Å². The van der Waals surface area contributed by atoms with Crippen molar-refractivity contribution < 1.29 is 23.7 Å². The van der Waals surface area contributed by atoms with Crippen LogP contribution in [0.2, 0.25) is 0 Å². The first-order chi connectivity index (χ1) is 16.0. The van der Waals surface area contributed by atoms with E-state index in [1.165, 1.54) is 4.90 Å². The van der Waals surface area contributed by atoms with Crippen LogP contribution in [-0.4, -0.2) is 28.1 Å². The van der Waals surface area contributed by atoms with E-state index in [1.807, 2.05) is 65.8 Å². The van der Waals surface area contributed by atoms with Crippen molar-refractivity contribution in [2.75, 3.05) is 6.54 Å². The maximum atomic E-state index is 13.5. The summed E-state index contributed by atoms with van der Waals surface area (Å²) in [7, 11) is 0. The molecule has 1 aliphatic heterocycles. The number of carbonyl (C=O) groups excluding carboxylic acids is 2. The highest BCUT2D eigenvalue weighted by atomic mass is 79.9. The highest BCUT2D eigenvalue weighted by Gasteiger charge is 2.40. The number of para-hydroxylation sites is 1. The Labute approximate surface area is 198 Å². The average Bonchev–Trinajstić information content (AvgIpc) is 3.53. The van der Waals surface area contributed by atoms with Gasteiger partial charge in [0.05, 0.1) is 12.6 Å². The molecule has 2 aromatic carbocycles. The fourth-order valence-corrected chi connectivity index (χ4v) is 4.65. The van der Waals surface area contributed by atoms with E-state index in [2.05, 4.69) is 20.9 Å². The van der Waals surface area contributed by atoms with E-state index in [0.717, 1.165) is 9.86 Å². The van der Waals surface area contributed by atoms with Crippen molar-refractivity contribution in [3.05, 3.63) is 100 Å². The maximum absolute atomic E-state index is 13.5. The van der Waals surface area contributed by atoms with Crippen LogP contribution in [-0.2, 0) is 11.3 Å². The third-order valence-electron chi connectivity index (χ3n) is 5.76. The summed E-state index contributed by atoms with van der Waals surface area (Å²) >= 11 is 3.46. The molecule has 0 fully saturated rings. The van der Waals surface area contributed by atoms with Crippen molar-refractivity contribution in [1.29, 1.82) is 0 Å². The number of halogens is 1. The fraction of sp³-hybridized carbons (Fsp3) is 0.160. The summed E-state index contributed by atoms with van der Waals surface area (Å²) in [5, 5.41) is 13.9. The van der Waals surface area contributed by atoms with Gasteiger partial charge in [0.1, 0.15) is 18.0 Å². The van der Waals surface area contributed by atoms with E-state index >= 15 is 0 Å². The molecule has 1 unspecified atom stereocenters. The molecule has 5 rings (SSSR count). The second-order valence-corrected chi connectivity index (χ2v) is 8.80. The normalized spacial score (nSPS) is 16.2. The minimum atomic E-state index is -0.778. The summed E-state index contributed by atoms with van der Waals surface area (Å²) in [5.41, 5.74) is 1.17. The molecular weight excluding hydrogens is 486 g/mol. The van der Waals surface area contributed by atoms with E-state index in [0.29, 0.717) is 30.7 Å². The quantitative estimate of drug-likeness (QED) is 0.308. The number of hydrogen-bond donors (Lipinski definition) is 1. The molecule has 0 saturated heterocycles. The number of ketones is 1. The number of benzene rings is 2. The molecule has 0 bridgehead atoms. The van der Waals surface area contributed by atoms with Crippen molar-refractivity contribution in [2.24, 2.45) is 0 Å². The number of Topliss-reactive ketones (excluding diaryl/α,β-unsaturated/α-hetero) is 1. The van der Waals surface area contributed by atoms with Gasteiger partial charge in [0.25, 0.3) is 0 Å². The third kappa shape index (κ3) is 3.98. The zero-order valence-electron chi connectivity index (χ0n) is 17.5. The SMILES string of the molecule is O=C(C1=C([O-])C(=O)N(CCC[n+]2cc[nH]c2)C1c1cccc(Br)c1)c1cc2ccccc2o1. The third-order valence-corrected chi connectivity index (χ3v) is 6.25. The first-order valence-corrected chi connectivity index (χ1v) is 11.3. The molecule has 166 valence electrons. The first kappa shape index (κ1) is 21.2. The summed E-state index contributed by atoms with van der Waals surface area (Å²) in [6, 6.07) is 15.4. The van der Waals surface area contributed by atoms with Gasteiger partial charge in [-0.15, -0.1) is 0 Å². The number of furan rings is 1. The maximum Gasteiger partial charge on any atom is 0.241 e. The second-order valence-electron chi connectivity index (χ2n) is 7.88. The number of hydrogen-bond acceptors (Lipinski definition) is 4. The number of aryl methyl sites for hydroxylation is 1. The lowest BCUT2D eigenvalue weighted by Gasteiger charge is -2.27. The molecule has 0 saturated carbocycles. The highest BCUT2D eigenvalue weighted by molar-refractivity contribution is 9.10. The van der Waals surface area contributed by atoms with Gasteiger partial charge in [-0.25, -0.2) is 4.57 Å². The van der Waals surface area contributed by atoms with Gasteiger partial charge < -0.3 is 14.4 Å². The number of imidazole rings is 1. The molecule has 0 spiro atoms. The number of H-pyrrole nitrogens is 1. The number of aromatic amines is 1. The Morgan fingerprint density at radius 1 is 1.18 bits per heavy atom. The van der Waals surface area contributed by atoms with Crippen LogP contribution >= 0.6 is 15.9 Å². The zero-order valence-corrected chi connectivity index (χ0v) is 19.1. The molecule has 1 atom stereocenters. The molecule has 1 N–H and O–H groups in total. The molecule has 1 amide bonds. The fourth-order valence-electron chi connectivity index (χ4n) is 4.23. The Kier molecular flexibility index (Phi) is 5.60. The van der Waals surface area contributed by atoms with E-state index in [-0.39, 0.29) is 11.3 Å². The Hall–Kier alpha value is -3.65. The van der Waals surface area contributed by atoms with Gasteiger partial charge in [0.15, 0.2) is 5.76 Å². The second kappa shape index (κ2) is 8.71. The van der Waals surface area contributed by atoms with Crippen LogP contribution in [0.25, 0.3) is 11.0 Å². The van der Waals surface area contributed by atoms with Crippen LogP contribution < -0.4 is 9.67 Å². The highest BCUT2D eigenvalue weighted by Crippen LogP contribution is 2.39. The summed E-state index contributed by atoms with van der Waals surface area (Å²) in [6.45, 7) is 0.996. The molecule has 3 heterocycles. The van der Waals surface area contributed by atoms with E-state index in [1.54, 1.807) is 12.1 Å². The predicted octanol–water partition coefficient (Wildman–Crippen LogP) is 3.28. The van der Waals surface area contributed by atoms with Crippen molar-refractivity contribution in [2.45, 2.75) is 19.0 Å². The van der Waals surface area contributed by atoms with Crippen molar-refractivity contribution in [3.63, 3.8) is 0 Å². The number of rotatable bonds is 7. The zero-order chi connectivity index (χ0) is 22.9. The Morgan fingerprint density at radius 3 is 2.79 bits per heavy atom. The van der Waals surface area contributed by atoms with Crippen LogP contribution in [0.4, 0.5) is 0 Å². The predicted molar refractivity (Wildman–Crippen MR) is 122 cm³/mol. The largest absolute Gasteiger partial charge is 0.868 e. The lowest BCUT2D eigenvalue weighted by Crippen LogP contribution is -2.37. The summed E-state index contributed by atoms with van der Waals surface area (Å²) in [4.78, 5) is 31.0. The van der Waals surface area contributed by atoms with Crippen molar-refractivity contribution in [1.82, 2.24) is 9.88 Å². The van der Waals surface area contributed by atoms with E-state index in [9.17, 15) is 14.7 Å². The minimum absolute atomic E-state index is 0.0528. The number of fused-ring (bicyclic) bond motifs is 1. The number of amides is 1. The monoisotopic (exact) mass is 505 g/mol. The standard InChI is InChI=1S/C25H20BrN3O4/c26-18-7-3-6-17(13-18)22-21(23(30)20-14-16-5-1-2-8-19(16)33-20)24(31)25(32)29(22)11-4-10-28-12-9-27-15-28/h1-3,5-9,12-15,22H,4,10-11H2,(H,30,31). The molecule has 0 radical (unpaired) electrons. The first-order valence-electron chi connectivity index (χ1n) is 10.6. The van der Waals surface area contributed by atoms with Gasteiger partial charge >= 0.3 is 0 Å². The van der Waals surface area contributed by atoms with Crippen molar-refractivity contribution in [3.8, 4) is 0 Å². The topological polar surface area (TPSA) is 93.2 Å². The van der Waals surface area contributed by atoms with Gasteiger partial charge in [-0.1, -0.05) is 46.3 Å². The molecule has 4 aromatic rings. The van der Waals surface area contributed by atoms with Crippen LogP contribution in [0.1, 0.15) is 28.6 Å². The summed E-state index contributed by atoms with van der Waals surface area (Å²) in [6.07, 6.45) is 6.15. The molecule has 2 aromatic heterocycles. The lowest BCUT2D eigenvalue weighted by atomic mass is 9.95. The van der Waals surface area contributed by atoms with E-state index in [4.69, 9.17) is 4.42 Å². The van der Waals surface area contributed by atoms with E-state index < -0.39 is 23.5 Å². The van der Waals surface area contributed by atoms with Crippen LogP contribution in [0, 0.1) is 0 Å². The molecule has 0 aliphatic carbocycles. The molecule has 7 nitrogen and oxygen atoms in total. The molecule has 33 heavy (non-hydrogen) atoms. The van der Waals surface area contributed by atoms with Crippen LogP contribution in [0.5, 0.6) is 0 Å². The Morgan fingerprint density at radius 2 is 2.03 bits per heavy atom. The average molecular weight is 506 g/mol. The Balaban J connectivity index is 1.51. The summed E-state index contributed by atoms with van der Waals surface area (Å²) < 4.78 is 8.49. The van der Waals surface area contributed by atoms with Crippen LogP contribution in [0.3, 0.4) is 0 Å². The number of carbonyl (C=O) groups is 2. The number of nitrogens with zero attached hydrogens (tertiary/aromatic N) is 2. The van der Waals surface area contributed by atoms with Gasteiger partial charge in [-0.2, -0.15) is 0 Å². The number of aromatic nitrogens is 2. The van der Waals surface area contributed by atoms with Crippen LogP contribution in [0.15, 0.2) is 93.5 Å². The minimum Gasteiger partial charge on any atom is -0.868 e. The lowest BCUT2D eigenvalue weighted by molar-refractivity contribution is -0.695. The van der Waals surface area contributed by atoms with Gasteiger partial charge in [0.2, 0.25) is 18.0 Å². The smallest absolute Gasteiger partial charge is 0.241 e. The number of nitrogens with one attached hydrogen (secondary N) is 1. The summed E-state index contributed by atoms with van der Waals surface area (Å²) in [5.74, 6) is -1.95. The van der Waals surface area contributed by atoms with Gasteiger partial charge in [0, 0.05) is 28.4 Å². The van der Waals surface area contributed by atoms with Gasteiger partial charge in [-0.05, 0) is 35.6 Å².